The molecule has 2 amide bonds. The van der Waals surface area contributed by atoms with Crippen molar-refractivity contribution >= 4 is 23.3 Å². The minimum absolute atomic E-state index is 0.320. The van der Waals surface area contributed by atoms with Crippen molar-refractivity contribution in [2.24, 2.45) is 0 Å². The van der Waals surface area contributed by atoms with Crippen molar-refractivity contribution in [2.75, 3.05) is 11.9 Å². The largest absolute Gasteiger partial charge is 0.348 e. The number of amides is 2. The summed E-state index contributed by atoms with van der Waals surface area (Å²) in [5.74, 6) is -0.728. The Hall–Kier alpha value is -2.86. The number of ether oxygens (including phenoxy) is 2. The highest BCUT2D eigenvalue weighted by Gasteiger charge is 2.38. The Morgan fingerprint density at radius 1 is 1.00 bits per heavy atom. The first-order valence-electron chi connectivity index (χ1n) is 10.2. The summed E-state index contributed by atoms with van der Waals surface area (Å²) in [6.45, 7) is 4.09. The number of anilines is 1. The molecule has 2 N–H and O–H groups in total. The predicted molar refractivity (Wildman–Crippen MR) is 123 cm³/mol. The van der Waals surface area contributed by atoms with Gasteiger partial charge >= 0.3 is 6.03 Å². The van der Waals surface area contributed by atoms with E-state index < -0.39 is 5.79 Å². The van der Waals surface area contributed by atoms with Crippen LogP contribution in [-0.4, -0.2) is 24.5 Å². The zero-order valence-corrected chi connectivity index (χ0v) is 18.2. The number of benzene rings is 3. The normalized spacial score (nSPS) is 20.1. The molecule has 0 spiro atoms. The summed E-state index contributed by atoms with van der Waals surface area (Å²) in [6, 6.07) is 24.3. The number of hydrogen-bond donors (Lipinski definition) is 2. The fourth-order valence-electron chi connectivity index (χ4n) is 3.69. The summed E-state index contributed by atoms with van der Waals surface area (Å²) in [5, 5.41) is 6.62. The molecule has 1 heterocycles. The summed E-state index contributed by atoms with van der Waals surface area (Å²) in [6.07, 6.45) is -0.320. The molecule has 2 atom stereocenters. The zero-order valence-electron chi connectivity index (χ0n) is 17.5. The van der Waals surface area contributed by atoms with Crippen LogP contribution in [0.15, 0.2) is 78.9 Å². The van der Waals surface area contributed by atoms with Crippen molar-refractivity contribution in [1.82, 2.24) is 5.32 Å². The molecule has 1 fully saturated rings. The summed E-state index contributed by atoms with van der Waals surface area (Å²) >= 11 is 6.15. The molecule has 0 bridgehead atoms. The minimum Gasteiger partial charge on any atom is -0.348 e. The number of nitrogens with one attached hydrogen (secondary N) is 2. The van der Waals surface area contributed by atoms with Crippen molar-refractivity contribution < 1.29 is 14.3 Å². The van der Waals surface area contributed by atoms with Gasteiger partial charge < -0.3 is 20.1 Å². The molecule has 0 radical (unpaired) electrons. The van der Waals surface area contributed by atoms with Crippen LogP contribution in [0.2, 0.25) is 5.02 Å². The second-order valence-electron chi connectivity index (χ2n) is 7.92. The molecule has 0 aromatic heterocycles. The third-order valence-electron chi connectivity index (χ3n) is 5.14. The Balaban J connectivity index is 1.52. The summed E-state index contributed by atoms with van der Waals surface area (Å²) in [5.41, 5.74) is 3.49. The van der Waals surface area contributed by atoms with Gasteiger partial charge in [0.1, 0.15) is 6.10 Å². The molecule has 3 aromatic rings. The monoisotopic (exact) mass is 436 g/mol. The molecule has 1 aliphatic rings. The number of hydrogen-bond acceptors (Lipinski definition) is 3. The van der Waals surface area contributed by atoms with Crippen LogP contribution in [0.1, 0.15) is 25.5 Å². The topological polar surface area (TPSA) is 59.6 Å². The molecule has 6 heteroatoms. The second kappa shape index (κ2) is 9.10. The summed E-state index contributed by atoms with van der Waals surface area (Å²) < 4.78 is 12.0. The van der Waals surface area contributed by atoms with Crippen LogP contribution in [0.25, 0.3) is 11.1 Å². The van der Waals surface area contributed by atoms with Crippen molar-refractivity contribution in [1.29, 1.82) is 0 Å². The summed E-state index contributed by atoms with van der Waals surface area (Å²) in [7, 11) is 0. The molecule has 1 saturated heterocycles. The van der Waals surface area contributed by atoms with Gasteiger partial charge in [-0.2, -0.15) is 0 Å². The van der Waals surface area contributed by atoms with Gasteiger partial charge in [0.2, 0.25) is 0 Å². The highest BCUT2D eigenvalue weighted by atomic mass is 35.5. The van der Waals surface area contributed by atoms with Crippen LogP contribution in [0, 0.1) is 0 Å². The van der Waals surface area contributed by atoms with Gasteiger partial charge in [0.15, 0.2) is 5.79 Å². The first-order valence-corrected chi connectivity index (χ1v) is 10.6. The average molecular weight is 437 g/mol. The molecule has 0 unspecified atom stereocenters. The molecule has 3 aromatic carbocycles. The van der Waals surface area contributed by atoms with Crippen LogP contribution in [0.3, 0.4) is 0 Å². The second-order valence-corrected chi connectivity index (χ2v) is 8.36. The molecule has 1 aliphatic heterocycles. The molecule has 31 heavy (non-hydrogen) atoms. The number of rotatable bonds is 4. The highest BCUT2D eigenvalue weighted by Crippen LogP contribution is 2.33. The maximum absolute atomic E-state index is 12.9. The van der Waals surface area contributed by atoms with E-state index in [0.29, 0.717) is 17.3 Å². The number of para-hydroxylation sites is 1. The van der Waals surface area contributed by atoms with E-state index in [0.717, 1.165) is 16.7 Å². The van der Waals surface area contributed by atoms with Gasteiger partial charge in [-0.15, -0.1) is 0 Å². The highest BCUT2D eigenvalue weighted by molar-refractivity contribution is 6.30. The Kier molecular flexibility index (Phi) is 6.28. The van der Waals surface area contributed by atoms with Crippen LogP contribution < -0.4 is 10.6 Å². The van der Waals surface area contributed by atoms with Crippen LogP contribution in [0.4, 0.5) is 10.5 Å². The molecule has 4 rings (SSSR count). The lowest BCUT2D eigenvalue weighted by atomic mass is 10.0. The number of halogens is 1. The van der Waals surface area contributed by atoms with E-state index in [1.54, 1.807) is 0 Å². The molecule has 160 valence electrons. The van der Waals surface area contributed by atoms with Crippen molar-refractivity contribution in [3.8, 4) is 11.1 Å². The van der Waals surface area contributed by atoms with Crippen LogP contribution in [0.5, 0.6) is 0 Å². The Morgan fingerprint density at radius 3 is 2.52 bits per heavy atom. The molecular formula is C25H25ClN2O3. The van der Waals surface area contributed by atoms with E-state index in [9.17, 15) is 4.79 Å². The Labute approximate surface area is 187 Å². The van der Waals surface area contributed by atoms with E-state index in [4.69, 9.17) is 21.1 Å². The lowest BCUT2D eigenvalue weighted by Gasteiger charge is -2.41. The van der Waals surface area contributed by atoms with Gasteiger partial charge in [0.25, 0.3) is 0 Å². The maximum atomic E-state index is 12.9. The zero-order chi connectivity index (χ0) is 21.8. The van der Waals surface area contributed by atoms with Crippen LogP contribution >= 0.6 is 11.6 Å². The predicted octanol–water partition coefficient (Wildman–Crippen LogP) is 6.02. The molecular weight excluding hydrogens is 412 g/mol. The molecule has 5 nitrogen and oxygen atoms in total. The third kappa shape index (κ3) is 5.25. The molecule has 0 saturated carbocycles. The standard InChI is InChI=1S/C25H25ClN2O3/c1-25(2)30-16-22(23(31-25)17-9-4-3-5-10-17)28-24(29)27-21-14-7-6-13-20(21)18-11-8-12-19(26)15-18/h3-15,22-23H,16H2,1-2H3,(H2,27,28,29)/t22-,23+/m0/s1. The fraction of sp³-hybridized carbons (Fsp3) is 0.240. The number of carbonyl (C=O) groups is 1. The van der Waals surface area contributed by atoms with E-state index >= 15 is 0 Å². The van der Waals surface area contributed by atoms with Gasteiger partial charge in [0, 0.05) is 10.6 Å². The number of carbonyl (C=O) groups excluding carboxylic acids is 1. The average Bonchev–Trinajstić information content (AvgIpc) is 2.76. The van der Waals surface area contributed by atoms with Crippen molar-refractivity contribution in [3.05, 3.63) is 89.4 Å². The van der Waals surface area contributed by atoms with E-state index in [1.165, 1.54) is 0 Å². The lowest BCUT2D eigenvalue weighted by molar-refractivity contribution is -0.284. The smallest absolute Gasteiger partial charge is 0.319 e. The van der Waals surface area contributed by atoms with E-state index in [-0.39, 0.29) is 18.2 Å². The first kappa shape index (κ1) is 21.4. The van der Waals surface area contributed by atoms with Crippen LogP contribution in [-0.2, 0) is 9.47 Å². The fourth-order valence-corrected chi connectivity index (χ4v) is 3.88. The third-order valence-corrected chi connectivity index (χ3v) is 5.38. The van der Waals surface area contributed by atoms with Gasteiger partial charge in [-0.1, -0.05) is 72.3 Å². The van der Waals surface area contributed by atoms with Gasteiger partial charge in [0.05, 0.1) is 18.3 Å². The Bertz CT molecular complexity index is 1060. The SMILES string of the molecule is CC1(C)OC[C@H](NC(=O)Nc2ccccc2-c2cccc(Cl)c2)[C@@H](c2ccccc2)O1. The minimum atomic E-state index is -0.728. The van der Waals surface area contributed by atoms with Crippen molar-refractivity contribution in [2.45, 2.75) is 31.8 Å². The lowest BCUT2D eigenvalue weighted by Crippen LogP contribution is -2.52. The van der Waals surface area contributed by atoms with Gasteiger partial charge in [-0.3, -0.25) is 0 Å². The summed E-state index contributed by atoms with van der Waals surface area (Å²) in [4.78, 5) is 12.9. The Morgan fingerprint density at radius 2 is 1.74 bits per heavy atom. The van der Waals surface area contributed by atoms with Crippen molar-refractivity contribution in [3.63, 3.8) is 0 Å². The van der Waals surface area contributed by atoms with E-state index in [1.807, 2.05) is 92.7 Å². The number of urea groups is 1. The van der Waals surface area contributed by atoms with Gasteiger partial charge in [-0.25, -0.2) is 4.79 Å². The van der Waals surface area contributed by atoms with E-state index in [2.05, 4.69) is 10.6 Å². The maximum Gasteiger partial charge on any atom is 0.319 e. The molecule has 0 aliphatic carbocycles. The van der Waals surface area contributed by atoms with Gasteiger partial charge in [-0.05, 0) is 43.2 Å². The quantitative estimate of drug-likeness (QED) is 0.525. The first-order chi connectivity index (χ1) is 14.9.